The van der Waals surface area contributed by atoms with Gasteiger partial charge in [0, 0.05) is 23.1 Å². The molecule has 88 valence electrons. The van der Waals surface area contributed by atoms with Crippen LogP contribution in [0.1, 0.15) is 37.8 Å². The molecule has 0 saturated heterocycles. The zero-order valence-electron chi connectivity index (χ0n) is 9.62. The van der Waals surface area contributed by atoms with Gasteiger partial charge in [0.05, 0.1) is 0 Å². The maximum Gasteiger partial charge on any atom is 0.0406 e. The molecule has 0 aromatic heterocycles. The third kappa shape index (κ3) is 2.97. The van der Waals surface area contributed by atoms with Crippen LogP contribution in [-0.2, 0) is 0 Å². The van der Waals surface area contributed by atoms with Crippen molar-refractivity contribution in [3.63, 3.8) is 0 Å². The Morgan fingerprint density at radius 2 is 2.00 bits per heavy atom. The number of hydrogen-bond acceptors (Lipinski definition) is 2. The second-order valence-corrected chi connectivity index (χ2v) is 5.15. The Labute approximate surface area is 102 Å². The van der Waals surface area contributed by atoms with Crippen LogP contribution in [0.15, 0.2) is 24.3 Å². The van der Waals surface area contributed by atoms with E-state index in [9.17, 15) is 0 Å². The Kier molecular flexibility index (Phi) is 3.85. The summed E-state index contributed by atoms with van der Waals surface area (Å²) in [5.74, 6) is 0. The van der Waals surface area contributed by atoms with Crippen LogP contribution in [0.25, 0.3) is 0 Å². The maximum atomic E-state index is 5.90. The van der Waals surface area contributed by atoms with Gasteiger partial charge in [-0.15, -0.1) is 0 Å². The average molecular weight is 239 g/mol. The molecular weight excluding hydrogens is 220 g/mol. The topological polar surface area (TPSA) is 38.0 Å². The molecule has 3 N–H and O–H groups in total. The second kappa shape index (κ2) is 5.17. The van der Waals surface area contributed by atoms with Crippen molar-refractivity contribution >= 4 is 11.6 Å². The van der Waals surface area contributed by atoms with Gasteiger partial charge < -0.3 is 11.1 Å². The van der Waals surface area contributed by atoms with E-state index >= 15 is 0 Å². The van der Waals surface area contributed by atoms with E-state index in [1.54, 1.807) is 0 Å². The van der Waals surface area contributed by atoms with Crippen molar-refractivity contribution in [2.75, 3.05) is 0 Å². The number of nitrogens with one attached hydrogen (secondary N) is 1. The highest BCUT2D eigenvalue weighted by Crippen LogP contribution is 2.22. The summed E-state index contributed by atoms with van der Waals surface area (Å²) in [6.45, 7) is 2.19. The highest BCUT2D eigenvalue weighted by molar-refractivity contribution is 6.30. The number of rotatable bonds is 3. The standard InChI is InChI=1S/C13H19ClN2/c1-9(10-2-4-11(14)5-3-10)16-13-7-6-12(15)8-13/h2-5,9,12-13,16H,6-8,15H2,1H3. The van der Waals surface area contributed by atoms with Gasteiger partial charge in [-0.1, -0.05) is 23.7 Å². The molecule has 3 atom stereocenters. The first-order valence-corrected chi connectivity index (χ1v) is 6.30. The lowest BCUT2D eigenvalue weighted by Crippen LogP contribution is -2.30. The van der Waals surface area contributed by atoms with Crippen LogP contribution in [0.3, 0.4) is 0 Å². The molecule has 2 nitrogen and oxygen atoms in total. The van der Waals surface area contributed by atoms with Crippen molar-refractivity contribution in [1.29, 1.82) is 0 Å². The largest absolute Gasteiger partial charge is 0.328 e. The molecule has 0 bridgehead atoms. The summed E-state index contributed by atoms with van der Waals surface area (Å²) in [6.07, 6.45) is 3.43. The van der Waals surface area contributed by atoms with E-state index in [-0.39, 0.29) is 0 Å². The van der Waals surface area contributed by atoms with Crippen LogP contribution in [0.2, 0.25) is 5.02 Å². The summed E-state index contributed by atoms with van der Waals surface area (Å²) in [7, 11) is 0. The summed E-state index contributed by atoms with van der Waals surface area (Å²) in [5, 5.41) is 4.41. The quantitative estimate of drug-likeness (QED) is 0.850. The second-order valence-electron chi connectivity index (χ2n) is 4.71. The Balaban J connectivity index is 1.92. The SMILES string of the molecule is CC(NC1CCC(N)C1)c1ccc(Cl)cc1. The molecule has 1 aliphatic carbocycles. The summed E-state index contributed by atoms with van der Waals surface area (Å²) >= 11 is 5.87. The van der Waals surface area contributed by atoms with E-state index in [0.29, 0.717) is 18.1 Å². The molecule has 0 spiro atoms. The minimum atomic E-state index is 0.368. The predicted octanol–water partition coefficient (Wildman–Crippen LogP) is 2.87. The fourth-order valence-electron chi connectivity index (χ4n) is 2.37. The van der Waals surface area contributed by atoms with Crippen LogP contribution >= 0.6 is 11.6 Å². The van der Waals surface area contributed by atoms with Crippen molar-refractivity contribution in [3.05, 3.63) is 34.9 Å². The van der Waals surface area contributed by atoms with Crippen molar-refractivity contribution in [3.8, 4) is 0 Å². The van der Waals surface area contributed by atoms with E-state index < -0.39 is 0 Å². The van der Waals surface area contributed by atoms with Gasteiger partial charge in [-0.25, -0.2) is 0 Å². The highest BCUT2D eigenvalue weighted by atomic mass is 35.5. The third-order valence-electron chi connectivity index (χ3n) is 3.33. The first-order valence-electron chi connectivity index (χ1n) is 5.92. The van der Waals surface area contributed by atoms with Crippen molar-refractivity contribution < 1.29 is 0 Å². The van der Waals surface area contributed by atoms with Gasteiger partial charge in [0.1, 0.15) is 0 Å². The molecule has 16 heavy (non-hydrogen) atoms. The lowest BCUT2D eigenvalue weighted by Gasteiger charge is -2.19. The lowest BCUT2D eigenvalue weighted by atomic mass is 10.1. The molecule has 1 saturated carbocycles. The molecular formula is C13H19ClN2. The van der Waals surface area contributed by atoms with Crippen LogP contribution < -0.4 is 11.1 Å². The van der Waals surface area contributed by atoms with Crippen molar-refractivity contribution in [2.45, 2.75) is 44.3 Å². The van der Waals surface area contributed by atoms with Gasteiger partial charge in [-0.2, -0.15) is 0 Å². The predicted molar refractivity (Wildman–Crippen MR) is 68.6 cm³/mol. The molecule has 3 unspecified atom stereocenters. The molecule has 0 radical (unpaired) electrons. The van der Waals surface area contributed by atoms with E-state index in [1.165, 1.54) is 12.0 Å². The van der Waals surface area contributed by atoms with E-state index in [2.05, 4.69) is 24.4 Å². The normalized spacial score (nSPS) is 26.9. The van der Waals surface area contributed by atoms with Crippen LogP contribution in [0, 0.1) is 0 Å². The minimum absolute atomic E-state index is 0.368. The minimum Gasteiger partial charge on any atom is -0.328 e. The maximum absolute atomic E-state index is 5.90. The summed E-state index contributed by atoms with van der Waals surface area (Å²) in [5.41, 5.74) is 7.18. The third-order valence-corrected chi connectivity index (χ3v) is 3.58. The first kappa shape index (κ1) is 11.9. The summed E-state index contributed by atoms with van der Waals surface area (Å²) in [6, 6.07) is 9.36. The molecule has 1 aromatic carbocycles. The highest BCUT2D eigenvalue weighted by Gasteiger charge is 2.22. The summed E-state index contributed by atoms with van der Waals surface area (Å²) < 4.78 is 0. The Morgan fingerprint density at radius 3 is 2.56 bits per heavy atom. The van der Waals surface area contributed by atoms with Crippen LogP contribution in [-0.4, -0.2) is 12.1 Å². The zero-order chi connectivity index (χ0) is 11.5. The van der Waals surface area contributed by atoms with E-state index in [1.807, 2.05) is 12.1 Å². The molecule has 1 aromatic rings. The number of halogens is 1. The lowest BCUT2D eigenvalue weighted by molar-refractivity contribution is 0.457. The fraction of sp³-hybridized carbons (Fsp3) is 0.538. The Bertz CT molecular complexity index is 336. The summed E-state index contributed by atoms with van der Waals surface area (Å²) in [4.78, 5) is 0. The monoisotopic (exact) mass is 238 g/mol. The van der Waals surface area contributed by atoms with Gasteiger partial charge >= 0.3 is 0 Å². The van der Waals surface area contributed by atoms with Gasteiger partial charge in [0.25, 0.3) is 0 Å². The number of nitrogens with two attached hydrogens (primary N) is 1. The molecule has 0 amide bonds. The molecule has 2 rings (SSSR count). The van der Waals surface area contributed by atoms with Crippen LogP contribution in [0.4, 0.5) is 0 Å². The van der Waals surface area contributed by atoms with E-state index in [4.69, 9.17) is 17.3 Å². The van der Waals surface area contributed by atoms with Crippen molar-refractivity contribution in [2.24, 2.45) is 5.73 Å². The molecule has 0 aliphatic heterocycles. The number of hydrogen-bond donors (Lipinski definition) is 2. The first-order chi connectivity index (χ1) is 7.65. The van der Waals surface area contributed by atoms with Gasteiger partial charge in [0.15, 0.2) is 0 Å². The molecule has 0 heterocycles. The molecule has 1 fully saturated rings. The molecule has 3 heteroatoms. The number of benzene rings is 1. The smallest absolute Gasteiger partial charge is 0.0406 e. The zero-order valence-corrected chi connectivity index (χ0v) is 10.4. The molecule has 1 aliphatic rings. The van der Waals surface area contributed by atoms with Gasteiger partial charge in [-0.3, -0.25) is 0 Å². The van der Waals surface area contributed by atoms with Crippen molar-refractivity contribution in [1.82, 2.24) is 5.32 Å². The Morgan fingerprint density at radius 1 is 1.31 bits per heavy atom. The van der Waals surface area contributed by atoms with E-state index in [0.717, 1.165) is 17.9 Å². The van der Waals surface area contributed by atoms with Gasteiger partial charge in [0.2, 0.25) is 0 Å². The Hall–Kier alpha value is -0.570. The average Bonchev–Trinajstić information content (AvgIpc) is 2.65. The van der Waals surface area contributed by atoms with Gasteiger partial charge in [-0.05, 0) is 43.9 Å². The van der Waals surface area contributed by atoms with Crippen LogP contribution in [0.5, 0.6) is 0 Å². The fourth-order valence-corrected chi connectivity index (χ4v) is 2.50.